The molecule has 1 aliphatic carbocycles. The first kappa shape index (κ1) is 18.4. The number of imidazole rings is 1. The third-order valence-electron chi connectivity index (χ3n) is 5.88. The maximum absolute atomic E-state index is 12.0. The lowest BCUT2D eigenvalue weighted by atomic mass is 9.90. The van der Waals surface area contributed by atoms with E-state index in [-0.39, 0.29) is 11.8 Å². The second-order valence-corrected chi connectivity index (χ2v) is 7.65. The minimum absolute atomic E-state index is 0.259. The van der Waals surface area contributed by atoms with Gasteiger partial charge in [-0.1, -0.05) is 12.8 Å². The number of rotatable bonds is 7. The van der Waals surface area contributed by atoms with Crippen molar-refractivity contribution in [3.8, 4) is 0 Å². The molecule has 1 amide bonds. The molecule has 6 heteroatoms. The highest BCUT2D eigenvalue weighted by atomic mass is 16.3. The second kappa shape index (κ2) is 8.81. The Labute approximate surface area is 150 Å². The summed E-state index contributed by atoms with van der Waals surface area (Å²) < 4.78 is 1.91. The van der Waals surface area contributed by atoms with Crippen LogP contribution in [-0.2, 0) is 11.8 Å². The van der Waals surface area contributed by atoms with Crippen LogP contribution < -0.4 is 5.32 Å². The molecule has 3 rings (SSSR count). The molecule has 140 valence electrons. The van der Waals surface area contributed by atoms with E-state index in [9.17, 15) is 9.90 Å². The van der Waals surface area contributed by atoms with Gasteiger partial charge in [-0.05, 0) is 57.7 Å². The molecule has 25 heavy (non-hydrogen) atoms. The molecule has 1 atom stereocenters. The van der Waals surface area contributed by atoms with Crippen molar-refractivity contribution in [2.75, 3.05) is 26.2 Å². The average molecular weight is 348 g/mol. The molecule has 2 fully saturated rings. The normalized spacial score (nSPS) is 21.5. The molecule has 2 N–H and O–H groups in total. The van der Waals surface area contributed by atoms with Crippen molar-refractivity contribution in [2.45, 2.75) is 51.0 Å². The lowest BCUT2D eigenvalue weighted by Gasteiger charge is -2.34. The van der Waals surface area contributed by atoms with Gasteiger partial charge in [0, 0.05) is 31.9 Å². The zero-order valence-corrected chi connectivity index (χ0v) is 15.4. The zero-order chi connectivity index (χ0) is 17.6. The molecular weight excluding hydrogens is 316 g/mol. The van der Waals surface area contributed by atoms with Crippen LogP contribution in [-0.4, -0.2) is 51.6 Å². The molecular formula is C19H32N4O2. The van der Waals surface area contributed by atoms with Gasteiger partial charge in [-0.15, -0.1) is 0 Å². The summed E-state index contributed by atoms with van der Waals surface area (Å²) in [5.41, 5.74) is 0. The smallest absolute Gasteiger partial charge is 0.223 e. The molecule has 1 unspecified atom stereocenters. The number of piperidine rings is 1. The first-order valence-electron chi connectivity index (χ1n) is 9.80. The Kier molecular flexibility index (Phi) is 6.48. The molecule has 2 aliphatic rings. The maximum atomic E-state index is 12.0. The number of nitrogens with one attached hydrogen (secondary N) is 1. The van der Waals surface area contributed by atoms with Gasteiger partial charge in [0.2, 0.25) is 5.91 Å². The van der Waals surface area contributed by atoms with Crippen LogP contribution in [0.5, 0.6) is 0 Å². The van der Waals surface area contributed by atoms with E-state index >= 15 is 0 Å². The lowest BCUT2D eigenvalue weighted by molar-refractivity contribution is -0.124. The van der Waals surface area contributed by atoms with Gasteiger partial charge in [-0.25, -0.2) is 4.98 Å². The van der Waals surface area contributed by atoms with Crippen LogP contribution in [0.2, 0.25) is 0 Å². The number of amides is 1. The average Bonchev–Trinajstić information content (AvgIpc) is 3.30. The summed E-state index contributed by atoms with van der Waals surface area (Å²) in [6.45, 7) is 3.84. The minimum atomic E-state index is -0.465. The van der Waals surface area contributed by atoms with E-state index in [2.05, 4.69) is 15.2 Å². The van der Waals surface area contributed by atoms with E-state index in [1.165, 1.54) is 12.8 Å². The third kappa shape index (κ3) is 4.82. The van der Waals surface area contributed by atoms with Crippen LogP contribution in [0.4, 0.5) is 0 Å². The van der Waals surface area contributed by atoms with E-state index in [0.29, 0.717) is 5.92 Å². The van der Waals surface area contributed by atoms with Crippen LogP contribution in [0.1, 0.15) is 56.9 Å². The standard InChI is InChI=1S/C19H32N4O2/c1-22-14-10-20-18(22)17(24)15-7-12-23(13-8-15)11-4-9-21-19(25)16-5-2-3-6-16/h10,14-17,24H,2-9,11-13H2,1H3,(H,21,25). The van der Waals surface area contributed by atoms with Gasteiger partial charge in [0.1, 0.15) is 11.9 Å². The van der Waals surface area contributed by atoms with E-state index in [1.54, 1.807) is 6.20 Å². The Bertz CT molecular complexity index is 545. The number of hydrogen-bond donors (Lipinski definition) is 2. The molecule has 0 aromatic carbocycles. The lowest BCUT2D eigenvalue weighted by Crippen LogP contribution is -2.38. The van der Waals surface area contributed by atoms with Gasteiger partial charge in [0.05, 0.1) is 0 Å². The van der Waals surface area contributed by atoms with Crippen molar-refractivity contribution in [1.82, 2.24) is 19.8 Å². The van der Waals surface area contributed by atoms with Crippen molar-refractivity contribution in [3.05, 3.63) is 18.2 Å². The number of hydrogen-bond acceptors (Lipinski definition) is 4. The predicted molar refractivity (Wildman–Crippen MR) is 96.9 cm³/mol. The predicted octanol–water partition coefficient (Wildman–Crippen LogP) is 1.86. The van der Waals surface area contributed by atoms with E-state index in [1.807, 2.05) is 17.8 Å². The maximum Gasteiger partial charge on any atom is 0.223 e. The number of aryl methyl sites for hydroxylation is 1. The van der Waals surface area contributed by atoms with Crippen LogP contribution in [0.15, 0.2) is 12.4 Å². The molecule has 6 nitrogen and oxygen atoms in total. The number of carbonyl (C=O) groups is 1. The molecule has 0 bridgehead atoms. The Morgan fingerprint density at radius 2 is 2.04 bits per heavy atom. The van der Waals surface area contributed by atoms with Crippen LogP contribution in [0.25, 0.3) is 0 Å². The third-order valence-corrected chi connectivity index (χ3v) is 5.88. The van der Waals surface area contributed by atoms with Gasteiger partial charge in [-0.2, -0.15) is 0 Å². The van der Waals surface area contributed by atoms with Gasteiger partial charge in [0.15, 0.2) is 0 Å². The molecule has 0 spiro atoms. The van der Waals surface area contributed by atoms with Gasteiger partial charge >= 0.3 is 0 Å². The Morgan fingerprint density at radius 1 is 1.32 bits per heavy atom. The Hall–Kier alpha value is -1.40. The highest BCUT2D eigenvalue weighted by Gasteiger charge is 2.28. The second-order valence-electron chi connectivity index (χ2n) is 7.65. The highest BCUT2D eigenvalue weighted by Crippen LogP contribution is 2.29. The quantitative estimate of drug-likeness (QED) is 0.738. The fourth-order valence-corrected chi connectivity index (χ4v) is 4.21. The summed E-state index contributed by atoms with van der Waals surface area (Å²) >= 11 is 0. The summed E-state index contributed by atoms with van der Waals surface area (Å²) in [6, 6.07) is 0. The van der Waals surface area contributed by atoms with E-state index in [0.717, 1.165) is 64.1 Å². The number of aliphatic hydroxyl groups excluding tert-OH is 1. The first-order chi connectivity index (χ1) is 12.1. The SMILES string of the molecule is Cn1ccnc1C(O)C1CCN(CCCNC(=O)C2CCCC2)CC1. The summed E-state index contributed by atoms with van der Waals surface area (Å²) in [4.78, 5) is 18.7. The number of aromatic nitrogens is 2. The van der Waals surface area contributed by atoms with Gasteiger partial charge < -0.3 is 19.9 Å². The van der Waals surface area contributed by atoms with E-state index in [4.69, 9.17) is 0 Å². The van der Waals surface area contributed by atoms with Crippen molar-refractivity contribution in [2.24, 2.45) is 18.9 Å². The summed E-state index contributed by atoms with van der Waals surface area (Å²) in [7, 11) is 1.93. The number of likely N-dealkylation sites (tertiary alicyclic amines) is 1. The summed E-state index contributed by atoms with van der Waals surface area (Å²) in [5.74, 6) is 1.59. The molecule has 1 saturated carbocycles. The van der Waals surface area contributed by atoms with Crippen LogP contribution >= 0.6 is 0 Å². The molecule has 1 saturated heterocycles. The molecule has 1 aromatic heterocycles. The van der Waals surface area contributed by atoms with Crippen molar-refractivity contribution < 1.29 is 9.90 Å². The Morgan fingerprint density at radius 3 is 2.68 bits per heavy atom. The number of nitrogens with zero attached hydrogens (tertiary/aromatic N) is 3. The number of carbonyl (C=O) groups excluding carboxylic acids is 1. The molecule has 1 aliphatic heterocycles. The van der Waals surface area contributed by atoms with Crippen LogP contribution in [0.3, 0.4) is 0 Å². The highest BCUT2D eigenvalue weighted by molar-refractivity contribution is 5.78. The van der Waals surface area contributed by atoms with Gasteiger partial charge in [-0.3, -0.25) is 4.79 Å². The monoisotopic (exact) mass is 348 g/mol. The summed E-state index contributed by atoms with van der Waals surface area (Å²) in [6.07, 6.45) is 10.7. The summed E-state index contributed by atoms with van der Waals surface area (Å²) in [5, 5.41) is 13.6. The topological polar surface area (TPSA) is 70.4 Å². The fourth-order valence-electron chi connectivity index (χ4n) is 4.21. The Balaban J connectivity index is 1.31. The van der Waals surface area contributed by atoms with Gasteiger partial charge in [0.25, 0.3) is 0 Å². The van der Waals surface area contributed by atoms with Crippen molar-refractivity contribution >= 4 is 5.91 Å². The molecule has 2 heterocycles. The largest absolute Gasteiger partial charge is 0.385 e. The fraction of sp³-hybridized carbons (Fsp3) is 0.789. The minimum Gasteiger partial charge on any atom is -0.385 e. The van der Waals surface area contributed by atoms with E-state index < -0.39 is 6.10 Å². The molecule has 1 aromatic rings. The first-order valence-corrected chi connectivity index (χ1v) is 9.80. The van der Waals surface area contributed by atoms with Crippen molar-refractivity contribution in [1.29, 1.82) is 0 Å². The van der Waals surface area contributed by atoms with Crippen LogP contribution in [0, 0.1) is 11.8 Å². The molecule has 0 radical (unpaired) electrons. The van der Waals surface area contributed by atoms with Crippen molar-refractivity contribution in [3.63, 3.8) is 0 Å². The number of aliphatic hydroxyl groups is 1. The zero-order valence-electron chi connectivity index (χ0n) is 15.4.